The zero-order valence-corrected chi connectivity index (χ0v) is 23.2. The summed E-state index contributed by atoms with van der Waals surface area (Å²) in [6.07, 6.45) is 6.40. The van der Waals surface area contributed by atoms with Crippen LogP contribution in [0.25, 0.3) is 11.3 Å². The molecule has 0 aliphatic heterocycles. The van der Waals surface area contributed by atoms with Crippen molar-refractivity contribution in [3.8, 4) is 11.3 Å². The maximum Gasteiger partial charge on any atom is 0.410 e. The fourth-order valence-electron chi connectivity index (χ4n) is 4.20. The van der Waals surface area contributed by atoms with E-state index in [1.165, 1.54) is 0 Å². The lowest BCUT2D eigenvalue weighted by molar-refractivity contribution is 0.00535. The van der Waals surface area contributed by atoms with Crippen molar-refractivity contribution in [1.82, 2.24) is 24.8 Å². The van der Waals surface area contributed by atoms with Crippen LogP contribution in [0.15, 0.2) is 48.9 Å². The highest BCUT2D eigenvalue weighted by Gasteiger charge is 2.25. The van der Waals surface area contributed by atoms with Gasteiger partial charge < -0.3 is 25.0 Å². The summed E-state index contributed by atoms with van der Waals surface area (Å²) >= 11 is 0. The van der Waals surface area contributed by atoms with Crippen LogP contribution in [-0.2, 0) is 11.3 Å². The summed E-state index contributed by atoms with van der Waals surface area (Å²) in [6.45, 7) is 9.34. The SMILES string of the molecule is CC(C)CC(C)(C)OC(=O)N(C)CCCN(C)c1ccc(-c2ccnc(Nc3ccnc(CO)c3)n2)cn1. The number of aliphatic hydroxyl groups excluding tert-OH is 1. The Bertz CT molecular complexity index is 1190. The predicted molar refractivity (Wildman–Crippen MR) is 149 cm³/mol. The molecular weight excluding hydrogens is 482 g/mol. The first-order valence-electron chi connectivity index (χ1n) is 12.8. The van der Waals surface area contributed by atoms with Gasteiger partial charge in [0.05, 0.1) is 18.0 Å². The third kappa shape index (κ3) is 8.65. The van der Waals surface area contributed by atoms with Gasteiger partial charge in [-0.3, -0.25) is 4.98 Å². The first kappa shape index (κ1) is 28.8. The Balaban J connectivity index is 1.52. The minimum absolute atomic E-state index is 0.136. The molecule has 0 bridgehead atoms. The van der Waals surface area contributed by atoms with E-state index in [9.17, 15) is 9.90 Å². The van der Waals surface area contributed by atoms with Crippen molar-refractivity contribution >= 4 is 23.5 Å². The molecule has 0 aliphatic rings. The van der Waals surface area contributed by atoms with Crippen molar-refractivity contribution in [3.63, 3.8) is 0 Å². The van der Waals surface area contributed by atoms with Crippen molar-refractivity contribution in [2.45, 2.75) is 52.7 Å². The molecule has 0 aliphatic carbocycles. The number of pyridine rings is 2. The molecule has 0 fully saturated rings. The Morgan fingerprint density at radius 1 is 1.08 bits per heavy atom. The maximum absolute atomic E-state index is 12.5. The zero-order valence-electron chi connectivity index (χ0n) is 23.2. The van der Waals surface area contributed by atoms with Crippen LogP contribution in [0.5, 0.6) is 0 Å². The smallest absolute Gasteiger partial charge is 0.410 e. The van der Waals surface area contributed by atoms with Gasteiger partial charge in [0.2, 0.25) is 5.95 Å². The van der Waals surface area contributed by atoms with Gasteiger partial charge in [0.1, 0.15) is 11.4 Å². The van der Waals surface area contributed by atoms with Gasteiger partial charge in [-0.25, -0.2) is 19.7 Å². The van der Waals surface area contributed by atoms with E-state index in [1.54, 1.807) is 42.7 Å². The average Bonchev–Trinajstić information content (AvgIpc) is 2.87. The molecule has 3 rings (SSSR count). The van der Waals surface area contributed by atoms with Crippen LogP contribution in [-0.4, -0.2) is 68.8 Å². The highest BCUT2D eigenvalue weighted by Crippen LogP contribution is 2.22. The molecular formula is C28H39N7O3. The molecule has 204 valence electrons. The van der Waals surface area contributed by atoms with Crippen molar-refractivity contribution in [2.24, 2.45) is 5.92 Å². The summed E-state index contributed by atoms with van der Waals surface area (Å²) in [4.78, 5) is 33.7. The fraction of sp³-hybridized carbons (Fsp3) is 0.464. The van der Waals surface area contributed by atoms with E-state index in [0.717, 1.165) is 42.1 Å². The molecule has 1 amide bonds. The van der Waals surface area contributed by atoms with Gasteiger partial charge in [0.25, 0.3) is 0 Å². The molecule has 10 heteroatoms. The van der Waals surface area contributed by atoms with Gasteiger partial charge in [-0.15, -0.1) is 0 Å². The number of nitrogens with zero attached hydrogens (tertiary/aromatic N) is 6. The molecule has 10 nitrogen and oxygen atoms in total. The minimum Gasteiger partial charge on any atom is -0.443 e. The van der Waals surface area contributed by atoms with Crippen molar-refractivity contribution in [3.05, 3.63) is 54.6 Å². The second-order valence-electron chi connectivity index (χ2n) is 10.4. The molecule has 0 saturated heterocycles. The molecule has 3 heterocycles. The molecule has 0 aromatic carbocycles. The van der Waals surface area contributed by atoms with Gasteiger partial charge in [0, 0.05) is 57.0 Å². The lowest BCUT2D eigenvalue weighted by atomic mass is 9.96. The number of carbonyl (C=O) groups excluding carboxylic acids is 1. The third-order valence-electron chi connectivity index (χ3n) is 5.89. The van der Waals surface area contributed by atoms with E-state index in [2.05, 4.69) is 44.0 Å². The lowest BCUT2D eigenvalue weighted by Gasteiger charge is -2.29. The van der Waals surface area contributed by atoms with Gasteiger partial charge in [-0.1, -0.05) is 13.8 Å². The molecule has 0 saturated carbocycles. The fourth-order valence-corrected chi connectivity index (χ4v) is 4.20. The summed E-state index contributed by atoms with van der Waals surface area (Å²) in [6, 6.07) is 9.29. The highest BCUT2D eigenvalue weighted by molar-refractivity contribution is 5.67. The molecule has 0 atom stereocenters. The molecule has 3 aromatic heterocycles. The molecule has 0 spiro atoms. The number of ether oxygens (including phenoxy) is 1. The number of aliphatic hydroxyl groups is 1. The van der Waals surface area contributed by atoms with E-state index in [0.29, 0.717) is 24.1 Å². The quantitative estimate of drug-likeness (QED) is 0.344. The van der Waals surface area contributed by atoms with Gasteiger partial charge >= 0.3 is 6.09 Å². The Morgan fingerprint density at radius 3 is 2.53 bits per heavy atom. The van der Waals surface area contributed by atoms with Gasteiger partial charge in [0.15, 0.2) is 0 Å². The van der Waals surface area contributed by atoms with Crippen molar-refractivity contribution in [2.75, 3.05) is 37.4 Å². The summed E-state index contributed by atoms with van der Waals surface area (Å²) in [5, 5.41) is 12.4. The first-order chi connectivity index (χ1) is 18.1. The molecule has 3 aromatic rings. The van der Waals surface area contributed by atoms with Crippen LogP contribution in [0.4, 0.5) is 22.2 Å². The van der Waals surface area contributed by atoms with Crippen LogP contribution in [0, 0.1) is 5.92 Å². The summed E-state index contributed by atoms with van der Waals surface area (Å²) < 4.78 is 5.69. The number of hydrogen-bond donors (Lipinski definition) is 2. The largest absolute Gasteiger partial charge is 0.443 e. The number of aromatic nitrogens is 4. The van der Waals surface area contributed by atoms with Gasteiger partial charge in [-0.05, 0) is 62.9 Å². The predicted octanol–water partition coefficient (Wildman–Crippen LogP) is 4.89. The van der Waals surface area contributed by atoms with Crippen molar-refractivity contribution in [1.29, 1.82) is 0 Å². The number of nitrogens with one attached hydrogen (secondary N) is 1. The first-order valence-corrected chi connectivity index (χ1v) is 12.8. The Morgan fingerprint density at radius 2 is 1.84 bits per heavy atom. The highest BCUT2D eigenvalue weighted by atomic mass is 16.6. The number of carbonyl (C=O) groups is 1. The van der Waals surface area contributed by atoms with Crippen LogP contribution in [0.2, 0.25) is 0 Å². The minimum atomic E-state index is -0.481. The van der Waals surface area contributed by atoms with E-state index in [-0.39, 0.29) is 12.7 Å². The maximum atomic E-state index is 12.5. The molecule has 2 N–H and O–H groups in total. The zero-order chi connectivity index (χ0) is 27.7. The Hall–Kier alpha value is -3.79. The number of anilines is 3. The molecule has 38 heavy (non-hydrogen) atoms. The normalized spacial score (nSPS) is 11.4. The number of amides is 1. The third-order valence-corrected chi connectivity index (χ3v) is 5.89. The lowest BCUT2D eigenvalue weighted by Crippen LogP contribution is -2.38. The van der Waals surface area contributed by atoms with E-state index < -0.39 is 5.60 Å². The monoisotopic (exact) mass is 521 g/mol. The topological polar surface area (TPSA) is 117 Å². The van der Waals surface area contributed by atoms with Crippen LogP contribution >= 0.6 is 0 Å². The van der Waals surface area contributed by atoms with E-state index in [4.69, 9.17) is 4.74 Å². The second-order valence-corrected chi connectivity index (χ2v) is 10.4. The summed E-state index contributed by atoms with van der Waals surface area (Å²) in [5.74, 6) is 1.73. The average molecular weight is 522 g/mol. The second kappa shape index (κ2) is 13.1. The molecule has 0 radical (unpaired) electrons. The van der Waals surface area contributed by atoms with E-state index in [1.807, 2.05) is 39.1 Å². The summed E-state index contributed by atoms with van der Waals surface area (Å²) in [5.41, 5.74) is 2.43. The van der Waals surface area contributed by atoms with Crippen molar-refractivity contribution < 1.29 is 14.6 Å². The summed E-state index contributed by atoms with van der Waals surface area (Å²) in [7, 11) is 3.75. The Kier molecular flexibility index (Phi) is 9.95. The number of rotatable bonds is 12. The van der Waals surface area contributed by atoms with Gasteiger partial charge in [-0.2, -0.15) is 0 Å². The van der Waals surface area contributed by atoms with Crippen LogP contribution in [0.3, 0.4) is 0 Å². The van der Waals surface area contributed by atoms with E-state index >= 15 is 0 Å². The van der Waals surface area contributed by atoms with Crippen LogP contribution in [0.1, 0.15) is 46.2 Å². The number of hydrogen-bond acceptors (Lipinski definition) is 9. The standard InChI is InChI=1S/C28H39N7O3/c1-20(2)17-28(3,4)38-27(37)35(6)15-7-14-34(5)25-9-8-21(18-31-25)24-11-13-30-26(33-24)32-22-10-12-29-23(16-22)19-36/h8-13,16,18,20,36H,7,14-15,17,19H2,1-6H3,(H,29,30,32,33). The Labute approximate surface area is 225 Å². The molecule has 0 unspecified atom stereocenters. The van der Waals surface area contributed by atoms with Crippen LogP contribution < -0.4 is 10.2 Å².